The quantitative estimate of drug-likeness (QED) is 0.827. The van der Waals surface area contributed by atoms with Gasteiger partial charge in [-0.1, -0.05) is 24.3 Å². The number of aryl methyl sites for hydroxylation is 1. The van der Waals surface area contributed by atoms with E-state index in [0.29, 0.717) is 13.2 Å². The summed E-state index contributed by atoms with van der Waals surface area (Å²) in [6, 6.07) is 16.0. The van der Waals surface area contributed by atoms with Crippen molar-refractivity contribution < 1.29 is 9.47 Å². The lowest BCUT2D eigenvalue weighted by atomic mass is 10.2. The molecule has 152 valence electrons. The van der Waals surface area contributed by atoms with Crippen LogP contribution in [0, 0.1) is 6.92 Å². The van der Waals surface area contributed by atoms with Gasteiger partial charge >= 0.3 is 0 Å². The Hall–Kier alpha value is -3.26. The maximum Gasteiger partial charge on any atom is 0.222 e. The number of ether oxygens (including phenoxy) is 2. The highest BCUT2D eigenvalue weighted by atomic mass is 16.5. The molecule has 4 rings (SSSR count). The van der Waals surface area contributed by atoms with E-state index in [2.05, 4.69) is 25.1 Å². The molecule has 1 saturated heterocycles. The van der Waals surface area contributed by atoms with Gasteiger partial charge in [-0.05, 0) is 36.8 Å². The monoisotopic (exact) mass is 394 g/mol. The summed E-state index contributed by atoms with van der Waals surface area (Å²) in [5, 5.41) is 3.48. The van der Waals surface area contributed by atoms with Crippen molar-refractivity contribution in [2.24, 2.45) is 15.7 Å². The van der Waals surface area contributed by atoms with Crippen LogP contribution in [0.5, 0.6) is 5.75 Å². The standard InChI is InChI=1S/C21H26N6O2/c1-15-8-9-18(28-2)17(14-15)23-20-24-19(22)25-21(26-10-12-29-13-11-26)27(20)16-6-4-3-5-7-16/h3-9,14,20,23H,10-13H2,1-2H3,(H2,22,24). The van der Waals surface area contributed by atoms with E-state index in [0.717, 1.165) is 41.7 Å². The molecule has 29 heavy (non-hydrogen) atoms. The lowest BCUT2D eigenvalue weighted by molar-refractivity contribution is 0.0671. The largest absolute Gasteiger partial charge is 0.495 e. The summed E-state index contributed by atoms with van der Waals surface area (Å²) >= 11 is 0. The third kappa shape index (κ3) is 4.12. The normalized spacial score (nSPS) is 19.4. The number of para-hydroxylation sites is 1. The Labute approximate surface area is 170 Å². The molecule has 3 N–H and O–H groups in total. The fraction of sp³-hybridized carbons (Fsp3) is 0.333. The molecule has 0 amide bonds. The van der Waals surface area contributed by atoms with Gasteiger partial charge in [0, 0.05) is 18.8 Å². The van der Waals surface area contributed by atoms with Crippen LogP contribution in [-0.2, 0) is 4.74 Å². The van der Waals surface area contributed by atoms with Crippen LogP contribution in [0.15, 0.2) is 58.5 Å². The third-order valence-electron chi connectivity index (χ3n) is 4.90. The fourth-order valence-electron chi connectivity index (χ4n) is 3.48. The van der Waals surface area contributed by atoms with Crippen molar-refractivity contribution in [2.75, 3.05) is 43.6 Å². The van der Waals surface area contributed by atoms with E-state index >= 15 is 0 Å². The van der Waals surface area contributed by atoms with Gasteiger partial charge in [0.05, 0.1) is 26.0 Å². The Balaban J connectivity index is 1.73. The molecule has 2 aromatic rings. The van der Waals surface area contributed by atoms with E-state index in [4.69, 9.17) is 15.2 Å². The number of methoxy groups -OCH3 is 1. The Morgan fingerprint density at radius 3 is 2.62 bits per heavy atom. The third-order valence-corrected chi connectivity index (χ3v) is 4.90. The number of benzene rings is 2. The summed E-state index contributed by atoms with van der Waals surface area (Å²) in [5.41, 5.74) is 9.06. The number of anilines is 2. The minimum Gasteiger partial charge on any atom is -0.495 e. The van der Waals surface area contributed by atoms with Gasteiger partial charge in [0.2, 0.25) is 18.2 Å². The Kier molecular flexibility index (Phi) is 5.53. The smallest absolute Gasteiger partial charge is 0.222 e. The molecule has 0 radical (unpaired) electrons. The number of guanidine groups is 2. The molecule has 2 aromatic carbocycles. The Morgan fingerprint density at radius 1 is 1.14 bits per heavy atom. The van der Waals surface area contributed by atoms with Crippen LogP contribution in [0.25, 0.3) is 0 Å². The zero-order valence-corrected chi connectivity index (χ0v) is 16.7. The molecular weight excluding hydrogens is 368 g/mol. The van der Waals surface area contributed by atoms with Gasteiger partial charge in [-0.15, -0.1) is 0 Å². The second-order valence-electron chi connectivity index (χ2n) is 6.93. The molecule has 0 aromatic heterocycles. The molecule has 0 aliphatic carbocycles. The first-order valence-electron chi connectivity index (χ1n) is 9.66. The van der Waals surface area contributed by atoms with Crippen molar-refractivity contribution in [3.05, 3.63) is 54.1 Å². The molecular formula is C21H26N6O2. The highest BCUT2D eigenvalue weighted by molar-refractivity contribution is 6.06. The molecule has 8 nitrogen and oxygen atoms in total. The minimum atomic E-state index is -0.469. The van der Waals surface area contributed by atoms with Gasteiger partial charge in [-0.3, -0.25) is 4.90 Å². The predicted molar refractivity (Wildman–Crippen MR) is 116 cm³/mol. The molecule has 0 bridgehead atoms. The van der Waals surface area contributed by atoms with E-state index in [9.17, 15) is 0 Å². The molecule has 1 fully saturated rings. The van der Waals surface area contributed by atoms with Crippen LogP contribution in [0.1, 0.15) is 5.56 Å². The van der Waals surface area contributed by atoms with Gasteiger partial charge in [-0.25, -0.2) is 4.99 Å². The van der Waals surface area contributed by atoms with Crippen molar-refractivity contribution in [1.29, 1.82) is 0 Å². The summed E-state index contributed by atoms with van der Waals surface area (Å²) in [4.78, 5) is 13.4. The number of aliphatic imine (C=N–C) groups is 2. The molecule has 2 aliphatic rings. The van der Waals surface area contributed by atoms with Crippen LogP contribution in [0.2, 0.25) is 0 Å². The highest BCUT2D eigenvalue weighted by Crippen LogP contribution is 2.29. The van der Waals surface area contributed by atoms with E-state index < -0.39 is 6.29 Å². The number of nitrogens with two attached hydrogens (primary N) is 1. The summed E-state index contributed by atoms with van der Waals surface area (Å²) < 4.78 is 11.1. The maximum atomic E-state index is 6.12. The molecule has 0 spiro atoms. The van der Waals surface area contributed by atoms with Crippen molar-refractivity contribution in [2.45, 2.75) is 13.2 Å². The molecule has 2 aliphatic heterocycles. The van der Waals surface area contributed by atoms with Crippen LogP contribution in [0.3, 0.4) is 0 Å². The Morgan fingerprint density at radius 2 is 1.90 bits per heavy atom. The van der Waals surface area contributed by atoms with E-state index in [-0.39, 0.29) is 5.96 Å². The SMILES string of the molecule is COc1ccc(C)cc1NC1N=C(N)N=C(N2CCOCC2)N1c1ccccc1. The number of hydrogen-bond donors (Lipinski definition) is 2. The van der Waals surface area contributed by atoms with Crippen molar-refractivity contribution in [3.63, 3.8) is 0 Å². The zero-order chi connectivity index (χ0) is 20.2. The lowest BCUT2D eigenvalue weighted by Crippen LogP contribution is -2.57. The second-order valence-corrected chi connectivity index (χ2v) is 6.93. The van der Waals surface area contributed by atoms with E-state index in [1.54, 1.807) is 7.11 Å². The van der Waals surface area contributed by atoms with Gasteiger partial charge in [-0.2, -0.15) is 4.99 Å². The highest BCUT2D eigenvalue weighted by Gasteiger charge is 2.32. The van der Waals surface area contributed by atoms with Crippen LogP contribution in [0.4, 0.5) is 11.4 Å². The van der Waals surface area contributed by atoms with E-state index in [1.165, 1.54) is 0 Å². The van der Waals surface area contributed by atoms with Crippen LogP contribution < -0.4 is 20.7 Å². The summed E-state index contributed by atoms with van der Waals surface area (Å²) in [6.45, 7) is 4.84. The number of morpholine rings is 1. The van der Waals surface area contributed by atoms with Crippen molar-refractivity contribution in [1.82, 2.24) is 4.90 Å². The topological polar surface area (TPSA) is 87.7 Å². The number of nitrogens with one attached hydrogen (secondary N) is 1. The average molecular weight is 394 g/mol. The number of hydrogen-bond acceptors (Lipinski definition) is 8. The second kappa shape index (κ2) is 8.40. The predicted octanol–water partition coefficient (Wildman–Crippen LogP) is 2.22. The van der Waals surface area contributed by atoms with Crippen LogP contribution >= 0.6 is 0 Å². The fourth-order valence-corrected chi connectivity index (χ4v) is 3.48. The molecule has 1 unspecified atom stereocenters. The lowest BCUT2D eigenvalue weighted by Gasteiger charge is -2.41. The molecule has 0 saturated carbocycles. The molecule has 1 atom stereocenters. The van der Waals surface area contributed by atoms with Gasteiger partial charge in [0.25, 0.3) is 0 Å². The summed E-state index contributed by atoms with van der Waals surface area (Å²) in [5.74, 6) is 1.74. The maximum absolute atomic E-state index is 6.12. The van der Waals surface area contributed by atoms with Crippen molar-refractivity contribution >= 4 is 23.3 Å². The van der Waals surface area contributed by atoms with Crippen LogP contribution in [-0.4, -0.2) is 56.5 Å². The molecule has 8 heteroatoms. The number of nitrogens with zero attached hydrogens (tertiary/aromatic N) is 4. The Bertz CT molecular complexity index is 909. The summed E-state index contributed by atoms with van der Waals surface area (Å²) in [6.07, 6.45) is -0.469. The average Bonchev–Trinajstić information content (AvgIpc) is 2.75. The zero-order valence-electron chi connectivity index (χ0n) is 16.7. The first kappa shape index (κ1) is 19.1. The van der Waals surface area contributed by atoms with Gasteiger partial charge in [0.15, 0.2) is 0 Å². The van der Waals surface area contributed by atoms with Gasteiger partial charge in [0.1, 0.15) is 5.75 Å². The number of rotatable bonds is 4. The molecule has 2 heterocycles. The first-order chi connectivity index (χ1) is 14.2. The summed E-state index contributed by atoms with van der Waals surface area (Å²) in [7, 11) is 1.66. The van der Waals surface area contributed by atoms with Gasteiger partial charge < -0.3 is 25.4 Å². The van der Waals surface area contributed by atoms with Crippen molar-refractivity contribution in [3.8, 4) is 5.75 Å². The minimum absolute atomic E-state index is 0.239. The van der Waals surface area contributed by atoms with E-state index in [1.807, 2.05) is 55.5 Å². The first-order valence-corrected chi connectivity index (χ1v) is 9.66.